The van der Waals surface area contributed by atoms with Crippen molar-refractivity contribution in [3.05, 3.63) is 66.0 Å². The van der Waals surface area contributed by atoms with Crippen molar-refractivity contribution in [1.82, 2.24) is 19.4 Å². The highest BCUT2D eigenvalue weighted by atomic mass is 16.2. The Morgan fingerprint density at radius 1 is 1.03 bits per heavy atom. The Morgan fingerprint density at radius 3 is 2.41 bits per heavy atom. The molecule has 1 aliphatic rings. The first-order chi connectivity index (χ1) is 13.9. The molecule has 29 heavy (non-hydrogen) atoms. The molecule has 2 aromatic heterocycles. The van der Waals surface area contributed by atoms with Crippen LogP contribution in [0.5, 0.6) is 0 Å². The molecular formula is C23H29N5O. The number of piperazine rings is 1. The summed E-state index contributed by atoms with van der Waals surface area (Å²) < 4.78 is 1.91. The van der Waals surface area contributed by atoms with Crippen molar-refractivity contribution >= 4 is 17.2 Å². The van der Waals surface area contributed by atoms with Crippen LogP contribution in [-0.4, -0.2) is 51.6 Å². The molecule has 3 heterocycles. The summed E-state index contributed by atoms with van der Waals surface area (Å²) in [5.74, 6) is 0. The summed E-state index contributed by atoms with van der Waals surface area (Å²) in [6.45, 7) is 10.5. The number of hydrogen-bond acceptors (Lipinski definition) is 3. The maximum Gasteiger partial charge on any atom is 0.321 e. The van der Waals surface area contributed by atoms with E-state index in [9.17, 15) is 4.79 Å². The molecule has 0 bridgehead atoms. The van der Waals surface area contributed by atoms with Gasteiger partial charge in [-0.1, -0.05) is 39.0 Å². The summed E-state index contributed by atoms with van der Waals surface area (Å²) in [5, 5.41) is 7.65. The number of urea groups is 1. The number of pyridine rings is 1. The quantitative estimate of drug-likeness (QED) is 0.735. The third-order valence-electron chi connectivity index (χ3n) is 5.47. The van der Waals surface area contributed by atoms with Crippen LogP contribution in [0.1, 0.15) is 32.0 Å². The average Bonchev–Trinajstić information content (AvgIpc) is 3.10. The van der Waals surface area contributed by atoms with E-state index in [2.05, 4.69) is 60.4 Å². The number of nitrogens with one attached hydrogen (secondary N) is 1. The maximum atomic E-state index is 12.6. The van der Waals surface area contributed by atoms with Crippen molar-refractivity contribution in [1.29, 1.82) is 0 Å². The van der Waals surface area contributed by atoms with E-state index in [-0.39, 0.29) is 11.4 Å². The van der Waals surface area contributed by atoms with Gasteiger partial charge in [0.1, 0.15) is 0 Å². The maximum absolute atomic E-state index is 12.6. The van der Waals surface area contributed by atoms with Crippen LogP contribution in [0.2, 0.25) is 0 Å². The smallest absolute Gasteiger partial charge is 0.321 e. The Bertz CT molecular complexity index is 945. The fourth-order valence-electron chi connectivity index (χ4n) is 3.66. The SMILES string of the molecule is CC(C)(C)c1ccc(NC(=O)N2CCN(Cc3cc4ccccn4n3)CC2)cc1. The van der Waals surface area contributed by atoms with Crippen LogP contribution >= 0.6 is 0 Å². The number of carbonyl (C=O) groups excluding carboxylic acids is 1. The van der Waals surface area contributed by atoms with Gasteiger partial charge in [0.2, 0.25) is 0 Å². The van der Waals surface area contributed by atoms with E-state index in [1.54, 1.807) is 0 Å². The van der Waals surface area contributed by atoms with E-state index in [1.807, 2.05) is 39.9 Å². The lowest BCUT2D eigenvalue weighted by atomic mass is 9.87. The Kier molecular flexibility index (Phi) is 5.28. The topological polar surface area (TPSA) is 52.9 Å². The summed E-state index contributed by atoms with van der Waals surface area (Å²) in [5.41, 5.74) is 4.39. The fraction of sp³-hybridized carbons (Fsp3) is 0.391. The molecule has 1 saturated heterocycles. The zero-order chi connectivity index (χ0) is 20.4. The highest BCUT2D eigenvalue weighted by Crippen LogP contribution is 2.23. The monoisotopic (exact) mass is 391 g/mol. The minimum atomic E-state index is -0.0270. The van der Waals surface area contributed by atoms with Gasteiger partial charge in [0.25, 0.3) is 0 Å². The van der Waals surface area contributed by atoms with Gasteiger partial charge in [0.05, 0.1) is 11.2 Å². The first-order valence-corrected chi connectivity index (χ1v) is 10.2. The lowest BCUT2D eigenvalue weighted by Gasteiger charge is -2.34. The van der Waals surface area contributed by atoms with Crippen LogP contribution in [-0.2, 0) is 12.0 Å². The van der Waals surface area contributed by atoms with E-state index < -0.39 is 0 Å². The predicted octanol–water partition coefficient (Wildman–Crippen LogP) is 3.98. The summed E-state index contributed by atoms with van der Waals surface area (Å²) in [6.07, 6.45) is 1.97. The van der Waals surface area contributed by atoms with Crippen LogP contribution in [0.3, 0.4) is 0 Å². The van der Waals surface area contributed by atoms with Gasteiger partial charge in [-0.3, -0.25) is 4.90 Å². The van der Waals surface area contributed by atoms with Gasteiger partial charge >= 0.3 is 6.03 Å². The van der Waals surface area contributed by atoms with E-state index >= 15 is 0 Å². The van der Waals surface area contributed by atoms with Crippen molar-refractivity contribution in [2.24, 2.45) is 0 Å². The van der Waals surface area contributed by atoms with Crippen molar-refractivity contribution in [3.63, 3.8) is 0 Å². The second-order valence-corrected chi connectivity index (χ2v) is 8.73. The highest BCUT2D eigenvalue weighted by molar-refractivity contribution is 5.89. The Balaban J connectivity index is 1.29. The van der Waals surface area contributed by atoms with Gasteiger partial charge in [-0.15, -0.1) is 0 Å². The van der Waals surface area contributed by atoms with Crippen molar-refractivity contribution in [2.75, 3.05) is 31.5 Å². The number of nitrogens with zero attached hydrogens (tertiary/aromatic N) is 4. The number of fused-ring (bicyclic) bond motifs is 1. The number of carbonyl (C=O) groups is 1. The second kappa shape index (κ2) is 7.87. The molecule has 0 spiro atoms. The molecule has 1 aliphatic heterocycles. The molecule has 1 N–H and O–H groups in total. The molecule has 152 valence electrons. The first-order valence-electron chi connectivity index (χ1n) is 10.2. The minimum Gasteiger partial charge on any atom is -0.322 e. The van der Waals surface area contributed by atoms with E-state index in [1.165, 1.54) is 5.56 Å². The Morgan fingerprint density at radius 2 is 1.76 bits per heavy atom. The fourth-order valence-corrected chi connectivity index (χ4v) is 3.66. The first kappa shape index (κ1) is 19.5. The number of rotatable bonds is 3. The number of aromatic nitrogens is 2. The molecule has 1 fully saturated rings. The predicted molar refractivity (Wildman–Crippen MR) is 116 cm³/mol. The third kappa shape index (κ3) is 4.59. The summed E-state index contributed by atoms with van der Waals surface area (Å²) >= 11 is 0. The second-order valence-electron chi connectivity index (χ2n) is 8.73. The molecule has 4 rings (SSSR count). The molecule has 6 heteroatoms. The zero-order valence-corrected chi connectivity index (χ0v) is 17.4. The normalized spacial score (nSPS) is 15.6. The third-order valence-corrected chi connectivity index (χ3v) is 5.47. The van der Waals surface area contributed by atoms with Crippen LogP contribution in [0.4, 0.5) is 10.5 Å². The molecule has 0 saturated carbocycles. The summed E-state index contributed by atoms with van der Waals surface area (Å²) in [4.78, 5) is 16.8. The molecule has 3 aromatic rings. The van der Waals surface area contributed by atoms with Crippen LogP contribution in [0.15, 0.2) is 54.7 Å². The zero-order valence-electron chi connectivity index (χ0n) is 17.4. The van der Waals surface area contributed by atoms with Gasteiger partial charge in [-0.05, 0) is 41.3 Å². The Labute approximate surface area is 172 Å². The minimum absolute atomic E-state index is 0.0270. The molecular weight excluding hydrogens is 362 g/mol. The van der Waals surface area contributed by atoms with E-state index in [0.717, 1.165) is 49.6 Å². The molecule has 0 radical (unpaired) electrons. The van der Waals surface area contributed by atoms with E-state index in [0.29, 0.717) is 0 Å². The van der Waals surface area contributed by atoms with Gasteiger partial charge in [0.15, 0.2) is 0 Å². The molecule has 0 unspecified atom stereocenters. The number of hydrogen-bond donors (Lipinski definition) is 1. The van der Waals surface area contributed by atoms with Gasteiger partial charge in [-0.2, -0.15) is 5.10 Å². The largest absolute Gasteiger partial charge is 0.322 e. The van der Waals surface area contributed by atoms with E-state index in [4.69, 9.17) is 0 Å². The molecule has 1 aromatic carbocycles. The number of amides is 2. The molecule has 2 amide bonds. The standard InChI is InChI=1S/C23H29N5O/c1-23(2,3)18-7-9-19(10-8-18)24-22(29)27-14-12-26(13-15-27)17-20-16-21-6-4-5-11-28(21)25-20/h4-11,16H,12-15,17H2,1-3H3,(H,24,29). The lowest BCUT2D eigenvalue weighted by Crippen LogP contribution is -2.49. The molecule has 6 nitrogen and oxygen atoms in total. The van der Waals surface area contributed by atoms with Gasteiger partial charge in [0, 0.05) is 44.6 Å². The lowest BCUT2D eigenvalue weighted by molar-refractivity contribution is 0.142. The summed E-state index contributed by atoms with van der Waals surface area (Å²) in [7, 11) is 0. The molecule has 0 aliphatic carbocycles. The number of anilines is 1. The van der Waals surface area contributed by atoms with Crippen LogP contribution in [0.25, 0.3) is 5.52 Å². The highest BCUT2D eigenvalue weighted by Gasteiger charge is 2.22. The van der Waals surface area contributed by atoms with Crippen LogP contribution < -0.4 is 5.32 Å². The van der Waals surface area contributed by atoms with Crippen molar-refractivity contribution < 1.29 is 4.79 Å². The average molecular weight is 392 g/mol. The van der Waals surface area contributed by atoms with Crippen molar-refractivity contribution in [3.8, 4) is 0 Å². The molecule has 0 atom stereocenters. The van der Waals surface area contributed by atoms with Gasteiger partial charge < -0.3 is 10.2 Å². The Hall–Kier alpha value is -2.86. The van der Waals surface area contributed by atoms with Gasteiger partial charge in [-0.25, -0.2) is 9.31 Å². The number of benzene rings is 1. The van der Waals surface area contributed by atoms with Crippen molar-refractivity contribution in [2.45, 2.75) is 32.7 Å². The summed E-state index contributed by atoms with van der Waals surface area (Å²) in [6, 6.07) is 16.3. The van der Waals surface area contributed by atoms with Crippen LogP contribution in [0, 0.1) is 0 Å².